The first-order valence-corrected chi connectivity index (χ1v) is 13.3. The molecule has 1 aromatic carbocycles. The van der Waals surface area contributed by atoms with Gasteiger partial charge in [0.25, 0.3) is 5.91 Å². The number of halogens is 1. The van der Waals surface area contributed by atoms with Crippen molar-refractivity contribution < 1.29 is 9.18 Å². The van der Waals surface area contributed by atoms with Crippen LogP contribution in [0, 0.1) is 5.82 Å². The fourth-order valence-corrected chi connectivity index (χ4v) is 5.75. The van der Waals surface area contributed by atoms with E-state index in [1.54, 1.807) is 12.1 Å². The molecule has 1 amide bonds. The maximum Gasteiger partial charge on any atom is 0.253 e. The van der Waals surface area contributed by atoms with Crippen LogP contribution < -0.4 is 10.2 Å². The van der Waals surface area contributed by atoms with Crippen molar-refractivity contribution in [3.05, 3.63) is 47.9 Å². The Hall–Kier alpha value is -2.74. The molecule has 0 spiro atoms. The van der Waals surface area contributed by atoms with E-state index in [0.29, 0.717) is 17.6 Å². The van der Waals surface area contributed by atoms with Crippen LogP contribution in [0.3, 0.4) is 0 Å². The second-order valence-electron chi connectivity index (χ2n) is 10.2. The minimum absolute atomic E-state index is 0.000104. The SMILES string of the molecule is O=C(c1ccc(F)cc1)N1CCCC(N2CCCC(Nc3nccc(N4CCCCCC4)n3)C2)C1. The summed E-state index contributed by atoms with van der Waals surface area (Å²) in [5, 5.41) is 3.60. The van der Waals surface area contributed by atoms with Gasteiger partial charge in [-0.05, 0) is 75.4 Å². The fourth-order valence-electron chi connectivity index (χ4n) is 5.75. The van der Waals surface area contributed by atoms with Crippen molar-refractivity contribution in [3.63, 3.8) is 0 Å². The average Bonchev–Trinajstić information content (AvgIpc) is 3.19. The molecule has 1 N–H and O–H groups in total. The summed E-state index contributed by atoms with van der Waals surface area (Å²) in [6.45, 7) is 5.62. The number of aromatic nitrogens is 2. The lowest BCUT2D eigenvalue weighted by atomic mass is 9.98. The van der Waals surface area contributed by atoms with E-state index < -0.39 is 0 Å². The van der Waals surface area contributed by atoms with E-state index in [0.717, 1.165) is 76.7 Å². The third-order valence-corrected chi connectivity index (χ3v) is 7.65. The molecule has 3 saturated heterocycles. The molecule has 188 valence electrons. The van der Waals surface area contributed by atoms with Crippen LogP contribution in [0.4, 0.5) is 16.2 Å². The highest BCUT2D eigenvalue weighted by Gasteiger charge is 2.31. The first-order chi connectivity index (χ1) is 17.2. The summed E-state index contributed by atoms with van der Waals surface area (Å²) < 4.78 is 13.3. The first-order valence-electron chi connectivity index (χ1n) is 13.3. The van der Waals surface area contributed by atoms with Crippen molar-refractivity contribution in [1.82, 2.24) is 19.8 Å². The number of nitrogens with one attached hydrogen (secondary N) is 1. The van der Waals surface area contributed by atoms with E-state index in [2.05, 4.69) is 20.1 Å². The van der Waals surface area contributed by atoms with Crippen LogP contribution in [0.15, 0.2) is 36.5 Å². The van der Waals surface area contributed by atoms with Gasteiger partial charge in [0, 0.05) is 56.6 Å². The third kappa shape index (κ3) is 6.10. The van der Waals surface area contributed by atoms with Gasteiger partial charge in [-0.25, -0.2) is 9.37 Å². The van der Waals surface area contributed by atoms with Crippen LogP contribution >= 0.6 is 0 Å². The molecule has 3 aliphatic heterocycles. The minimum atomic E-state index is -0.314. The molecule has 0 aliphatic carbocycles. The van der Waals surface area contributed by atoms with Crippen molar-refractivity contribution >= 4 is 17.7 Å². The van der Waals surface area contributed by atoms with Gasteiger partial charge in [-0.15, -0.1) is 0 Å². The molecule has 4 heterocycles. The van der Waals surface area contributed by atoms with E-state index >= 15 is 0 Å². The van der Waals surface area contributed by atoms with Crippen molar-refractivity contribution in [1.29, 1.82) is 0 Å². The molecular weight excluding hydrogens is 443 g/mol. The number of hydrogen-bond acceptors (Lipinski definition) is 6. The molecule has 0 radical (unpaired) electrons. The maximum atomic E-state index is 13.3. The molecule has 8 heteroatoms. The molecule has 1 aromatic heterocycles. The van der Waals surface area contributed by atoms with Crippen LogP contribution in [0.5, 0.6) is 0 Å². The number of carbonyl (C=O) groups is 1. The number of rotatable bonds is 5. The van der Waals surface area contributed by atoms with E-state index in [1.165, 1.54) is 37.8 Å². The Kier molecular flexibility index (Phi) is 7.76. The van der Waals surface area contributed by atoms with Gasteiger partial charge in [0.2, 0.25) is 5.95 Å². The topological polar surface area (TPSA) is 64.6 Å². The van der Waals surface area contributed by atoms with Crippen LogP contribution in [0.2, 0.25) is 0 Å². The van der Waals surface area contributed by atoms with E-state index in [-0.39, 0.29) is 11.7 Å². The number of nitrogens with zero attached hydrogens (tertiary/aromatic N) is 5. The monoisotopic (exact) mass is 480 g/mol. The lowest BCUT2D eigenvalue weighted by Gasteiger charge is -2.43. The largest absolute Gasteiger partial charge is 0.356 e. The number of carbonyl (C=O) groups excluding carboxylic acids is 1. The standard InChI is InChI=1S/C27H37FN6O/c28-22-11-9-21(10-12-22)26(35)34-18-6-8-24(20-34)33-17-5-7-23(19-33)30-27-29-14-13-25(31-27)32-15-3-1-2-4-16-32/h9-14,23-24H,1-8,15-20H2,(H,29,30,31). The van der Waals surface area contributed by atoms with Gasteiger partial charge in [0.05, 0.1) is 0 Å². The first kappa shape index (κ1) is 24.0. The van der Waals surface area contributed by atoms with Gasteiger partial charge >= 0.3 is 0 Å². The molecule has 5 rings (SSSR count). The summed E-state index contributed by atoms with van der Waals surface area (Å²) in [7, 11) is 0. The Labute approximate surface area is 207 Å². The molecule has 0 bridgehead atoms. The van der Waals surface area contributed by atoms with Gasteiger partial charge in [-0.2, -0.15) is 4.98 Å². The quantitative estimate of drug-likeness (QED) is 0.693. The molecule has 2 aromatic rings. The van der Waals surface area contributed by atoms with Gasteiger partial charge in [-0.1, -0.05) is 12.8 Å². The summed E-state index contributed by atoms with van der Waals surface area (Å²) in [6, 6.07) is 8.56. The predicted octanol–water partition coefficient (Wildman–Crippen LogP) is 4.18. The Morgan fingerprint density at radius 2 is 1.66 bits per heavy atom. The van der Waals surface area contributed by atoms with E-state index in [9.17, 15) is 9.18 Å². The number of anilines is 2. The zero-order valence-corrected chi connectivity index (χ0v) is 20.5. The second kappa shape index (κ2) is 11.3. The Morgan fingerprint density at radius 3 is 2.46 bits per heavy atom. The molecular formula is C27H37FN6O. The zero-order chi connectivity index (χ0) is 24.0. The van der Waals surface area contributed by atoms with Gasteiger partial charge in [0.15, 0.2) is 0 Å². The Balaban J connectivity index is 1.19. The molecule has 35 heavy (non-hydrogen) atoms. The lowest BCUT2D eigenvalue weighted by Crippen LogP contribution is -2.54. The van der Waals surface area contributed by atoms with Crippen molar-refractivity contribution in [2.45, 2.75) is 63.5 Å². The van der Waals surface area contributed by atoms with Gasteiger partial charge in [-0.3, -0.25) is 9.69 Å². The van der Waals surface area contributed by atoms with Gasteiger partial charge in [0.1, 0.15) is 11.6 Å². The molecule has 3 fully saturated rings. The van der Waals surface area contributed by atoms with E-state index in [4.69, 9.17) is 4.98 Å². The number of hydrogen-bond donors (Lipinski definition) is 1. The highest BCUT2D eigenvalue weighted by atomic mass is 19.1. The Morgan fingerprint density at radius 1 is 0.886 bits per heavy atom. The van der Waals surface area contributed by atoms with E-state index in [1.807, 2.05) is 17.2 Å². The molecule has 0 saturated carbocycles. The maximum absolute atomic E-state index is 13.3. The van der Waals surface area contributed by atoms with Crippen molar-refractivity contribution in [2.75, 3.05) is 49.5 Å². The highest BCUT2D eigenvalue weighted by molar-refractivity contribution is 5.94. The average molecular weight is 481 g/mol. The van der Waals surface area contributed by atoms with Crippen LogP contribution in [-0.4, -0.2) is 77.0 Å². The number of amides is 1. The van der Waals surface area contributed by atoms with Crippen LogP contribution in [-0.2, 0) is 0 Å². The minimum Gasteiger partial charge on any atom is -0.356 e. The highest BCUT2D eigenvalue weighted by Crippen LogP contribution is 2.24. The van der Waals surface area contributed by atoms with Gasteiger partial charge < -0.3 is 15.1 Å². The fraction of sp³-hybridized carbons (Fsp3) is 0.593. The zero-order valence-electron chi connectivity index (χ0n) is 20.5. The summed E-state index contributed by atoms with van der Waals surface area (Å²) in [5.41, 5.74) is 0.562. The van der Waals surface area contributed by atoms with Crippen LogP contribution in [0.25, 0.3) is 0 Å². The summed E-state index contributed by atoms with van der Waals surface area (Å²) in [6.07, 6.45) is 11.2. The summed E-state index contributed by atoms with van der Waals surface area (Å²) >= 11 is 0. The van der Waals surface area contributed by atoms with Crippen molar-refractivity contribution in [2.24, 2.45) is 0 Å². The molecule has 3 aliphatic rings. The molecule has 2 unspecified atom stereocenters. The van der Waals surface area contributed by atoms with Crippen LogP contribution in [0.1, 0.15) is 61.7 Å². The number of piperidine rings is 2. The molecule has 2 atom stereocenters. The number of benzene rings is 1. The lowest BCUT2D eigenvalue weighted by molar-refractivity contribution is 0.0526. The van der Waals surface area contributed by atoms with Crippen molar-refractivity contribution in [3.8, 4) is 0 Å². The third-order valence-electron chi connectivity index (χ3n) is 7.65. The molecule has 7 nitrogen and oxygen atoms in total. The smallest absolute Gasteiger partial charge is 0.253 e. The number of likely N-dealkylation sites (tertiary alicyclic amines) is 2. The second-order valence-corrected chi connectivity index (χ2v) is 10.2. The Bertz CT molecular complexity index is 978. The predicted molar refractivity (Wildman–Crippen MR) is 136 cm³/mol. The normalized spacial score (nSPS) is 24.1. The summed E-state index contributed by atoms with van der Waals surface area (Å²) in [5.74, 6) is 1.43. The summed E-state index contributed by atoms with van der Waals surface area (Å²) in [4.78, 5) is 29.2.